The molecule has 1 aromatic carbocycles. The standard InChI is InChI=1S/C21H21ClN6O/c1-28-10-8-18(27-28)16-6-3-7-17(11-16)20-25-19(12-21(22,26-20)29-2)24-14-15-5-4-9-23-13-15/h3-13,24H,14H2,1-2H3,(H,25,26). The highest BCUT2D eigenvalue weighted by Crippen LogP contribution is 2.26. The zero-order valence-corrected chi connectivity index (χ0v) is 16.9. The number of hydrogen-bond acceptors (Lipinski definition) is 6. The van der Waals surface area contributed by atoms with Crippen molar-refractivity contribution in [3.05, 3.63) is 84.1 Å². The quantitative estimate of drug-likeness (QED) is 0.484. The van der Waals surface area contributed by atoms with Crippen molar-refractivity contribution in [2.45, 2.75) is 11.7 Å². The van der Waals surface area contributed by atoms with Crippen LogP contribution in [0.1, 0.15) is 11.1 Å². The molecule has 7 nitrogen and oxygen atoms in total. The third-order valence-electron chi connectivity index (χ3n) is 4.48. The molecule has 29 heavy (non-hydrogen) atoms. The number of pyridine rings is 1. The van der Waals surface area contributed by atoms with Gasteiger partial charge >= 0.3 is 0 Å². The molecule has 0 aliphatic carbocycles. The second kappa shape index (κ2) is 8.06. The minimum absolute atomic E-state index is 0.588. The summed E-state index contributed by atoms with van der Waals surface area (Å²) in [6.45, 7) is 0.588. The summed E-state index contributed by atoms with van der Waals surface area (Å²) in [5.74, 6) is 1.31. The molecule has 1 unspecified atom stereocenters. The Labute approximate surface area is 174 Å². The number of nitrogens with one attached hydrogen (secondary N) is 2. The number of nitrogens with zero attached hydrogens (tertiary/aromatic N) is 4. The number of aliphatic imine (C=N–C) groups is 1. The van der Waals surface area contributed by atoms with E-state index < -0.39 is 5.18 Å². The smallest absolute Gasteiger partial charge is 0.262 e. The van der Waals surface area contributed by atoms with Crippen molar-refractivity contribution in [1.29, 1.82) is 0 Å². The van der Waals surface area contributed by atoms with Crippen LogP contribution in [0.15, 0.2) is 77.9 Å². The Kier molecular flexibility index (Phi) is 5.33. The molecule has 1 aliphatic heterocycles. The molecular weight excluding hydrogens is 388 g/mol. The number of halogens is 1. The number of hydrogen-bond donors (Lipinski definition) is 2. The third-order valence-corrected chi connectivity index (χ3v) is 4.83. The summed E-state index contributed by atoms with van der Waals surface area (Å²) in [6.07, 6.45) is 7.18. The predicted molar refractivity (Wildman–Crippen MR) is 113 cm³/mol. The van der Waals surface area contributed by atoms with E-state index in [1.807, 2.05) is 61.9 Å². The molecule has 4 rings (SSSR count). The largest absolute Gasteiger partial charge is 0.368 e. The van der Waals surface area contributed by atoms with E-state index >= 15 is 0 Å². The van der Waals surface area contributed by atoms with Crippen LogP contribution in [0.2, 0.25) is 0 Å². The van der Waals surface area contributed by atoms with Crippen LogP contribution >= 0.6 is 11.6 Å². The van der Waals surface area contributed by atoms with Crippen molar-refractivity contribution >= 4 is 17.4 Å². The lowest BCUT2D eigenvalue weighted by molar-refractivity contribution is 0.109. The number of benzene rings is 1. The number of aryl methyl sites for hydroxylation is 1. The van der Waals surface area contributed by atoms with Crippen molar-refractivity contribution in [1.82, 2.24) is 25.4 Å². The Hall–Kier alpha value is -3.16. The van der Waals surface area contributed by atoms with E-state index in [-0.39, 0.29) is 0 Å². The van der Waals surface area contributed by atoms with Crippen LogP contribution in [0.5, 0.6) is 0 Å². The number of aromatic nitrogens is 3. The lowest BCUT2D eigenvalue weighted by Crippen LogP contribution is -2.40. The average Bonchev–Trinajstić information content (AvgIpc) is 3.19. The van der Waals surface area contributed by atoms with Gasteiger partial charge in [0.25, 0.3) is 5.18 Å². The van der Waals surface area contributed by atoms with Crippen LogP contribution in [-0.4, -0.2) is 32.9 Å². The van der Waals surface area contributed by atoms with Crippen molar-refractivity contribution in [3.8, 4) is 11.3 Å². The molecule has 8 heteroatoms. The van der Waals surface area contributed by atoms with Gasteiger partial charge in [-0.05, 0) is 23.8 Å². The molecular formula is C21H21ClN6O. The van der Waals surface area contributed by atoms with Crippen molar-refractivity contribution in [2.24, 2.45) is 12.0 Å². The Morgan fingerprint density at radius 3 is 2.79 bits per heavy atom. The van der Waals surface area contributed by atoms with Crippen LogP contribution in [-0.2, 0) is 18.3 Å². The summed E-state index contributed by atoms with van der Waals surface area (Å²) in [5.41, 5.74) is 3.81. The van der Waals surface area contributed by atoms with Gasteiger partial charge in [0, 0.05) is 56.5 Å². The molecule has 0 spiro atoms. The van der Waals surface area contributed by atoms with Gasteiger partial charge in [0.1, 0.15) is 11.7 Å². The molecule has 1 aliphatic rings. The molecule has 2 N–H and O–H groups in total. The summed E-state index contributed by atoms with van der Waals surface area (Å²) in [5, 5.41) is 9.80. The highest BCUT2D eigenvalue weighted by molar-refractivity contribution is 6.25. The zero-order chi connectivity index (χ0) is 20.3. The molecule has 3 aromatic rings. The van der Waals surface area contributed by atoms with E-state index in [9.17, 15) is 0 Å². The molecule has 0 radical (unpaired) electrons. The highest BCUT2D eigenvalue weighted by Gasteiger charge is 2.29. The number of methoxy groups -OCH3 is 1. The van der Waals surface area contributed by atoms with Crippen LogP contribution < -0.4 is 10.6 Å². The molecule has 1 atom stereocenters. The third kappa shape index (κ3) is 4.47. The highest BCUT2D eigenvalue weighted by atomic mass is 35.5. The number of rotatable bonds is 6. The van der Waals surface area contributed by atoms with Gasteiger partial charge in [-0.25, -0.2) is 4.99 Å². The number of ether oxygens (including phenoxy) is 1. The predicted octanol–water partition coefficient (Wildman–Crippen LogP) is 3.00. The summed E-state index contributed by atoms with van der Waals surface area (Å²) in [4.78, 5) is 8.68. The molecule has 2 aromatic heterocycles. The van der Waals surface area contributed by atoms with Gasteiger partial charge in [-0.15, -0.1) is 0 Å². The van der Waals surface area contributed by atoms with E-state index in [0.717, 1.165) is 22.4 Å². The molecule has 0 bridgehead atoms. The summed E-state index contributed by atoms with van der Waals surface area (Å²) < 4.78 is 7.20. The molecule has 148 valence electrons. The van der Waals surface area contributed by atoms with E-state index in [1.54, 1.807) is 17.0 Å². The van der Waals surface area contributed by atoms with Gasteiger partial charge in [-0.2, -0.15) is 5.10 Å². The zero-order valence-electron chi connectivity index (χ0n) is 16.1. The second-order valence-electron chi connectivity index (χ2n) is 6.63. The Balaban J connectivity index is 1.58. The van der Waals surface area contributed by atoms with Gasteiger partial charge in [0.05, 0.1) is 5.69 Å². The lowest BCUT2D eigenvalue weighted by Gasteiger charge is -2.27. The van der Waals surface area contributed by atoms with Crippen molar-refractivity contribution < 1.29 is 4.74 Å². The first-order valence-corrected chi connectivity index (χ1v) is 9.49. The van der Waals surface area contributed by atoms with Crippen LogP contribution in [0.25, 0.3) is 11.3 Å². The monoisotopic (exact) mass is 408 g/mol. The van der Waals surface area contributed by atoms with E-state index in [4.69, 9.17) is 16.3 Å². The van der Waals surface area contributed by atoms with Crippen molar-refractivity contribution in [3.63, 3.8) is 0 Å². The molecule has 0 amide bonds. The van der Waals surface area contributed by atoms with Crippen molar-refractivity contribution in [2.75, 3.05) is 7.11 Å². The van der Waals surface area contributed by atoms with Gasteiger partial charge in [0.2, 0.25) is 0 Å². The van der Waals surface area contributed by atoms with E-state index in [1.165, 1.54) is 7.11 Å². The Morgan fingerprint density at radius 1 is 1.21 bits per heavy atom. The fraction of sp³-hybridized carbons (Fsp3) is 0.190. The van der Waals surface area contributed by atoms with Gasteiger partial charge in [-0.3, -0.25) is 9.67 Å². The summed E-state index contributed by atoms with van der Waals surface area (Å²) in [6, 6.07) is 13.8. The normalized spacial score (nSPS) is 18.6. The maximum Gasteiger partial charge on any atom is 0.262 e. The second-order valence-corrected chi connectivity index (χ2v) is 7.17. The van der Waals surface area contributed by atoms with Crippen LogP contribution in [0.4, 0.5) is 0 Å². The van der Waals surface area contributed by atoms with Gasteiger partial charge in [0.15, 0.2) is 0 Å². The average molecular weight is 409 g/mol. The number of amidine groups is 1. The Bertz CT molecular complexity index is 1060. The molecule has 0 saturated heterocycles. The molecule has 3 heterocycles. The van der Waals surface area contributed by atoms with E-state index in [0.29, 0.717) is 18.2 Å². The molecule has 0 saturated carbocycles. The fourth-order valence-electron chi connectivity index (χ4n) is 2.99. The van der Waals surface area contributed by atoms with Crippen LogP contribution in [0.3, 0.4) is 0 Å². The molecule has 0 fully saturated rings. The Morgan fingerprint density at radius 2 is 2.07 bits per heavy atom. The van der Waals surface area contributed by atoms with Crippen LogP contribution in [0, 0.1) is 0 Å². The minimum atomic E-state index is -1.29. The number of alkyl halides is 1. The maximum atomic E-state index is 6.55. The summed E-state index contributed by atoms with van der Waals surface area (Å²) >= 11 is 6.55. The first kappa shape index (κ1) is 19.2. The van der Waals surface area contributed by atoms with Gasteiger partial charge < -0.3 is 15.4 Å². The first-order chi connectivity index (χ1) is 14.0. The van der Waals surface area contributed by atoms with E-state index in [2.05, 4.69) is 25.7 Å². The van der Waals surface area contributed by atoms with Gasteiger partial charge in [-0.1, -0.05) is 35.9 Å². The lowest BCUT2D eigenvalue weighted by atomic mass is 10.1. The first-order valence-electron chi connectivity index (χ1n) is 9.12. The maximum absolute atomic E-state index is 6.55. The fourth-order valence-corrected chi connectivity index (χ4v) is 3.18. The SMILES string of the molecule is COC1(Cl)C=C(NCc2cccnc2)NC(c2cccc(-c3ccn(C)n3)c2)=N1. The minimum Gasteiger partial charge on any atom is -0.368 e. The summed E-state index contributed by atoms with van der Waals surface area (Å²) in [7, 11) is 3.42. The topological polar surface area (TPSA) is 76.4 Å².